The largest absolute Gasteiger partial charge is 0.496 e. The number of likely N-dealkylation sites (tertiary alicyclic amines) is 1. The number of hydrogen-bond donors (Lipinski definition) is 2. The molecule has 12 heteroatoms. The maximum absolute atomic E-state index is 13.9. The zero-order valence-corrected chi connectivity index (χ0v) is 21.9. The molecule has 2 aromatic carbocycles. The maximum atomic E-state index is 13.9. The predicted octanol–water partition coefficient (Wildman–Crippen LogP) is 3.97. The Morgan fingerprint density at radius 3 is 2.45 bits per heavy atom. The van der Waals surface area contributed by atoms with Crippen molar-refractivity contribution >= 4 is 18.0 Å². The number of methoxy groups -OCH3 is 1. The molecule has 0 spiro atoms. The minimum atomic E-state index is -1.54. The Kier molecular flexibility index (Phi) is 7.88. The molecule has 9 nitrogen and oxygen atoms in total. The maximum Gasteiger partial charge on any atom is 0.419 e. The van der Waals surface area contributed by atoms with Crippen molar-refractivity contribution in [3.8, 4) is 5.75 Å². The average Bonchev–Trinajstić information content (AvgIpc) is 3.54. The molecule has 0 aromatic heterocycles. The molecule has 2 aromatic rings. The first-order valence-corrected chi connectivity index (χ1v) is 13.3. The van der Waals surface area contributed by atoms with E-state index >= 15 is 0 Å². The number of nitrogens with zero attached hydrogens (tertiary/aromatic N) is 2. The van der Waals surface area contributed by atoms with Crippen molar-refractivity contribution in [1.82, 2.24) is 15.1 Å². The number of urea groups is 1. The molecule has 214 valence electrons. The summed E-state index contributed by atoms with van der Waals surface area (Å²) in [6.07, 6.45) is 1.72. The van der Waals surface area contributed by atoms with Crippen LogP contribution in [-0.4, -0.2) is 66.2 Å². The lowest BCUT2D eigenvalue weighted by Gasteiger charge is -2.35. The summed E-state index contributed by atoms with van der Waals surface area (Å²) < 4.78 is 51.5. The van der Waals surface area contributed by atoms with Gasteiger partial charge in [0.05, 0.1) is 7.11 Å². The van der Waals surface area contributed by atoms with Gasteiger partial charge in [0, 0.05) is 31.2 Å². The molecule has 3 aliphatic rings. The SMILES string of the molecule is COc1cc(F)ccc1[C@H]1CC[C@H](N2CC[C@@H](NC(=O)N3C(=O)O[C@@H](C(N)=O)[C@@H]3c3ccc(F)c(F)c3)C2)CC1. The zero-order chi connectivity index (χ0) is 28.6. The third kappa shape index (κ3) is 5.45. The molecule has 5 rings (SSSR count). The van der Waals surface area contributed by atoms with Crippen molar-refractivity contribution in [2.24, 2.45) is 5.73 Å². The number of cyclic esters (lactones) is 1. The molecule has 3 fully saturated rings. The molecule has 1 saturated carbocycles. The summed E-state index contributed by atoms with van der Waals surface area (Å²) in [5.41, 5.74) is 6.40. The highest BCUT2D eigenvalue weighted by Gasteiger charge is 2.50. The summed E-state index contributed by atoms with van der Waals surface area (Å²) in [7, 11) is 1.54. The van der Waals surface area contributed by atoms with Gasteiger partial charge in [-0.05, 0) is 67.3 Å². The molecule has 2 aliphatic heterocycles. The Morgan fingerprint density at radius 2 is 1.77 bits per heavy atom. The van der Waals surface area contributed by atoms with E-state index in [0.717, 1.165) is 49.9 Å². The third-order valence-corrected chi connectivity index (χ3v) is 8.17. The monoisotopic (exact) mass is 560 g/mol. The first-order valence-electron chi connectivity index (χ1n) is 13.3. The van der Waals surface area contributed by atoms with Crippen LogP contribution >= 0.6 is 0 Å². The second kappa shape index (κ2) is 11.4. The Balaban J connectivity index is 1.21. The molecule has 4 amide bonds. The first kappa shape index (κ1) is 27.8. The van der Waals surface area contributed by atoms with Crippen LogP contribution in [0.5, 0.6) is 5.75 Å². The smallest absolute Gasteiger partial charge is 0.419 e. The quantitative estimate of drug-likeness (QED) is 0.553. The van der Waals surface area contributed by atoms with E-state index in [0.29, 0.717) is 29.7 Å². The Bertz CT molecular complexity index is 1300. The standard InChI is InChI=1S/C28H31F3N4O5/c1-39-23-13-17(29)5-8-20(23)15-2-6-19(7-3-15)34-11-10-18(14-34)33-27(37)35-24(25(26(32)36)40-28(35)38)16-4-9-21(30)22(31)12-16/h4-5,8-9,12-13,15,18-19,24-25H,2-3,6-7,10-11,14H2,1H3,(H2,32,36)(H,33,37)/t15-,18-,19-,24+,25-/m1/s1. The van der Waals surface area contributed by atoms with Crippen LogP contribution in [0.15, 0.2) is 36.4 Å². The second-order valence-corrected chi connectivity index (χ2v) is 10.5. The van der Waals surface area contributed by atoms with E-state index in [9.17, 15) is 27.6 Å². The fraction of sp³-hybridized carbons (Fsp3) is 0.464. The molecule has 3 atom stereocenters. The number of primary amides is 1. The highest BCUT2D eigenvalue weighted by Crippen LogP contribution is 2.40. The fourth-order valence-corrected chi connectivity index (χ4v) is 6.18. The van der Waals surface area contributed by atoms with Gasteiger partial charge < -0.3 is 20.5 Å². The van der Waals surface area contributed by atoms with E-state index in [1.807, 2.05) is 0 Å². The number of rotatable bonds is 6. The van der Waals surface area contributed by atoms with Crippen LogP contribution in [0.1, 0.15) is 55.2 Å². The van der Waals surface area contributed by atoms with Crippen molar-refractivity contribution in [3.63, 3.8) is 0 Å². The first-order chi connectivity index (χ1) is 19.2. The second-order valence-electron chi connectivity index (χ2n) is 10.5. The van der Waals surface area contributed by atoms with Crippen molar-refractivity contribution < 1.29 is 37.0 Å². The normalized spacial score (nSPS) is 26.9. The summed E-state index contributed by atoms with van der Waals surface area (Å²) in [6, 6.07) is 5.40. The van der Waals surface area contributed by atoms with Gasteiger partial charge >= 0.3 is 12.1 Å². The van der Waals surface area contributed by atoms with Gasteiger partial charge in [0.2, 0.25) is 6.10 Å². The lowest BCUT2D eigenvalue weighted by atomic mass is 9.81. The van der Waals surface area contributed by atoms with Crippen LogP contribution in [0.25, 0.3) is 0 Å². The number of carbonyl (C=O) groups excluding carboxylic acids is 3. The lowest BCUT2D eigenvalue weighted by Crippen LogP contribution is -2.48. The van der Waals surface area contributed by atoms with Crippen LogP contribution < -0.4 is 15.8 Å². The summed E-state index contributed by atoms with van der Waals surface area (Å²) in [4.78, 5) is 40.8. The van der Waals surface area contributed by atoms with E-state index in [2.05, 4.69) is 10.2 Å². The van der Waals surface area contributed by atoms with Crippen LogP contribution in [0.4, 0.5) is 22.8 Å². The predicted molar refractivity (Wildman–Crippen MR) is 137 cm³/mol. The Labute approximate surface area is 229 Å². The number of halogens is 3. The number of imide groups is 1. The summed E-state index contributed by atoms with van der Waals surface area (Å²) in [5, 5.41) is 2.83. The molecule has 2 heterocycles. The van der Waals surface area contributed by atoms with Gasteiger partial charge in [0.15, 0.2) is 11.6 Å². The van der Waals surface area contributed by atoms with E-state index in [-0.39, 0.29) is 23.3 Å². The van der Waals surface area contributed by atoms with Gasteiger partial charge in [0.1, 0.15) is 17.6 Å². The number of carbonyl (C=O) groups is 3. The number of nitrogens with one attached hydrogen (secondary N) is 1. The number of nitrogens with two attached hydrogens (primary N) is 1. The van der Waals surface area contributed by atoms with Crippen LogP contribution in [0, 0.1) is 17.5 Å². The average molecular weight is 561 g/mol. The molecule has 0 unspecified atom stereocenters. The topological polar surface area (TPSA) is 114 Å². The van der Waals surface area contributed by atoms with Crippen molar-refractivity contribution in [1.29, 1.82) is 0 Å². The number of hydrogen-bond acceptors (Lipinski definition) is 6. The molecule has 40 heavy (non-hydrogen) atoms. The Hall–Kier alpha value is -3.80. The van der Waals surface area contributed by atoms with E-state index in [1.54, 1.807) is 13.2 Å². The van der Waals surface area contributed by atoms with Crippen LogP contribution in [0.2, 0.25) is 0 Å². The van der Waals surface area contributed by atoms with Crippen LogP contribution in [0.3, 0.4) is 0 Å². The van der Waals surface area contributed by atoms with Crippen molar-refractivity contribution in [2.75, 3.05) is 20.2 Å². The zero-order valence-electron chi connectivity index (χ0n) is 21.9. The molecule has 0 radical (unpaired) electrons. The van der Waals surface area contributed by atoms with Crippen molar-refractivity contribution in [3.05, 3.63) is 65.0 Å². The molecule has 3 N–H and O–H groups in total. The fourth-order valence-electron chi connectivity index (χ4n) is 6.18. The number of amides is 4. The molecule has 0 bridgehead atoms. The van der Waals surface area contributed by atoms with Gasteiger partial charge in [-0.3, -0.25) is 9.69 Å². The summed E-state index contributed by atoms with van der Waals surface area (Å²) in [5.74, 6) is -2.82. The van der Waals surface area contributed by atoms with Crippen LogP contribution in [-0.2, 0) is 9.53 Å². The van der Waals surface area contributed by atoms with Gasteiger partial charge in [-0.15, -0.1) is 0 Å². The molecule has 1 aliphatic carbocycles. The minimum absolute atomic E-state index is 0.00583. The molecule has 2 saturated heterocycles. The summed E-state index contributed by atoms with van der Waals surface area (Å²) in [6.45, 7) is 1.32. The summed E-state index contributed by atoms with van der Waals surface area (Å²) >= 11 is 0. The van der Waals surface area contributed by atoms with E-state index in [4.69, 9.17) is 15.2 Å². The third-order valence-electron chi connectivity index (χ3n) is 8.17. The lowest BCUT2D eigenvalue weighted by molar-refractivity contribution is -0.125. The van der Waals surface area contributed by atoms with E-state index in [1.165, 1.54) is 18.2 Å². The van der Waals surface area contributed by atoms with E-state index < -0.39 is 41.8 Å². The highest BCUT2D eigenvalue weighted by molar-refractivity contribution is 5.97. The van der Waals surface area contributed by atoms with Crippen molar-refractivity contribution in [2.45, 2.75) is 62.3 Å². The number of benzene rings is 2. The highest BCUT2D eigenvalue weighted by atomic mass is 19.2. The van der Waals surface area contributed by atoms with Gasteiger partial charge in [-0.25, -0.2) is 27.7 Å². The molecular formula is C28H31F3N4O5. The van der Waals surface area contributed by atoms with Gasteiger partial charge in [0.25, 0.3) is 5.91 Å². The number of ether oxygens (including phenoxy) is 2. The molecular weight excluding hydrogens is 529 g/mol. The van der Waals surface area contributed by atoms with Gasteiger partial charge in [-0.2, -0.15) is 0 Å². The minimum Gasteiger partial charge on any atom is -0.496 e. The Morgan fingerprint density at radius 1 is 1.02 bits per heavy atom. The van der Waals surface area contributed by atoms with Gasteiger partial charge in [-0.1, -0.05) is 12.1 Å².